The largest absolute Gasteiger partial charge is 0.494 e. The molecule has 2 rings (SSSR count). The summed E-state index contributed by atoms with van der Waals surface area (Å²) in [7, 11) is 1.36. The zero-order valence-corrected chi connectivity index (χ0v) is 15.5. The molecule has 0 saturated heterocycles. The summed E-state index contributed by atoms with van der Waals surface area (Å²) in [5.41, 5.74) is 0.914. The molecule has 1 atom stereocenters. The molecular formula is C20H22FNO5. The minimum absolute atomic E-state index is 0.0906. The number of nitrogens with one attached hydrogen (secondary N) is 1. The van der Waals surface area contributed by atoms with Gasteiger partial charge >= 0.3 is 5.97 Å². The second-order valence-corrected chi connectivity index (χ2v) is 5.70. The lowest BCUT2D eigenvalue weighted by Gasteiger charge is -2.15. The van der Waals surface area contributed by atoms with Crippen LogP contribution in [0.3, 0.4) is 0 Å². The van der Waals surface area contributed by atoms with Gasteiger partial charge in [0.2, 0.25) is 0 Å². The molecule has 0 fully saturated rings. The van der Waals surface area contributed by atoms with E-state index in [1.807, 2.05) is 6.92 Å². The van der Waals surface area contributed by atoms with E-state index in [9.17, 15) is 14.0 Å². The Hall–Kier alpha value is -3.09. The van der Waals surface area contributed by atoms with Crippen molar-refractivity contribution in [3.8, 4) is 11.5 Å². The lowest BCUT2D eigenvalue weighted by molar-refractivity contribution is -0.152. The molecule has 0 aliphatic heterocycles. The zero-order valence-electron chi connectivity index (χ0n) is 15.5. The molecular weight excluding hydrogens is 353 g/mol. The number of benzene rings is 2. The molecule has 0 bridgehead atoms. The molecule has 1 amide bonds. The average Bonchev–Trinajstić information content (AvgIpc) is 2.63. The van der Waals surface area contributed by atoms with Crippen molar-refractivity contribution in [1.82, 2.24) is 0 Å². The monoisotopic (exact) mass is 375 g/mol. The highest BCUT2D eigenvalue weighted by molar-refractivity contribution is 5.96. The fourth-order valence-electron chi connectivity index (χ4n) is 2.36. The van der Waals surface area contributed by atoms with Crippen molar-refractivity contribution in [2.75, 3.05) is 19.0 Å². The van der Waals surface area contributed by atoms with Crippen molar-refractivity contribution in [3.63, 3.8) is 0 Å². The molecule has 0 unspecified atom stereocenters. The van der Waals surface area contributed by atoms with Crippen molar-refractivity contribution in [2.24, 2.45) is 0 Å². The number of hydrogen-bond donors (Lipinski definition) is 1. The van der Waals surface area contributed by atoms with E-state index in [4.69, 9.17) is 14.2 Å². The van der Waals surface area contributed by atoms with E-state index in [1.165, 1.54) is 26.2 Å². The Kier molecular flexibility index (Phi) is 7.16. The molecule has 1 N–H and O–H groups in total. The van der Waals surface area contributed by atoms with Crippen LogP contribution in [0.4, 0.5) is 10.1 Å². The lowest BCUT2D eigenvalue weighted by Crippen LogP contribution is -2.30. The summed E-state index contributed by atoms with van der Waals surface area (Å²) in [4.78, 5) is 24.3. The second kappa shape index (κ2) is 9.56. The van der Waals surface area contributed by atoms with Gasteiger partial charge in [-0.1, -0.05) is 18.2 Å². The number of methoxy groups -OCH3 is 1. The SMILES string of the molecule is CCOc1ccccc1NC(=O)[C@@H](C)OC(=O)Cc1ccc(OC)c(F)c1. The fraction of sp³-hybridized carbons (Fsp3) is 0.300. The highest BCUT2D eigenvalue weighted by Crippen LogP contribution is 2.24. The first-order valence-electron chi connectivity index (χ1n) is 8.49. The summed E-state index contributed by atoms with van der Waals surface area (Å²) in [6, 6.07) is 11.2. The normalized spacial score (nSPS) is 11.4. The fourth-order valence-corrected chi connectivity index (χ4v) is 2.36. The van der Waals surface area contributed by atoms with Gasteiger partial charge in [0.25, 0.3) is 5.91 Å². The standard InChI is InChI=1S/C20H22FNO5/c1-4-26-18-8-6-5-7-16(18)22-20(24)13(2)27-19(23)12-14-9-10-17(25-3)15(21)11-14/h5-11,13H,4,12H2,1-3H3,(H,22,24)/t13-/m1/s1. The molecule has 0 aliphatic carbocycles. The number of rotatable bonds is 8. The van der Waals surface area contributed by atoms with E-state index < -0.39 is 23.8 Å². The van der Waals surface area contributed by atoms with Crippen LogP contribution in [0, 0.1) is 5.82 Å². The summed E-state index contributed by atoms with van der Waals surface area (Å²) in [5.74, 6) is -1.08. The van der Waals surface area contributed by atoms with Crippen LogP contribution in [0.2, 0.25) is 0 Å². The molecule has 0 heterocycles. The maximum atomic E-state index is 13.7. The topological polar surface area (TPSA) is 73.9 Å². The van der Waals surface area contributed by atoms with Gasteiger partial charge in [-0.05, 0) is 43.7 Å². The van der Waals surface area contributed by atoms with Crippen LogP contribution < -0.4 is 14.8 Å². The first-order valence-corrected chi connectivity index (χ1v) is 8.49. The van der Waals surface area contributed by atoms with Gasteiger partial charge in [0.05, 0.1) is 25.8 Å². The summed E-state index contributed by atoms with van der Waals surface area (Å²) < 4.78 is 29.1. The highest BCUT2D eigenvalue weighted by Gasteiger charge is 2.19. The van der Waals surface area contributed by atoms with Crippen molar-refractivity contribution in [3.05, 3.63) is 53.8 Å². The number of hydrogen-bond acceptors (Lipinski definition) is 5. The summed E-state index contributed by atoms with van der Waals surface area (Å²) in [6.07, 6.45) is -1.18. The predicted molar refractivity (Wildman–Crippen MR) is 98.5 cm³/mol. The summed E-state index contributed by atoms with van der Waals surface area (Å²) >= 11 is 0. The van der Waals surface area contributed by atoms with Gasteiger partial charge in [-0.3, -0.25) is 9.59 Å². The second-order valence-electron chi connectivity index (χ2n) is 5.70. The number of carbonyl (C=O) groups is 2. The van der Waals surface area contributed by atoms with Crippen molar-refractivity contribution in [2.45, 2.75) is 26.4 Å². The van der Waals surface area contributed by atoms with Gasteiger partial charge in [-0.15, -0.1) is 0 Å². The van der Waals surface area contributed by atoms with E-state index in [0.29, 0.717) is 23.6 Å². The Labute approximate surface area is 157 Å². The smallest absolute Gasteiger partial charge is 0.311 e. The van der Waals surface area contributed by atoms with Gasteiger partial charge in [-0.2, -0.15) is 0 Å². The Bertz CT molecular complexity index is 809. The van der Waals surface area contributed by atoms with Gasteiger partial charge in [0.1, 0.15) is 5.75 Å². The molecule has 0 spiro atoms. The van der Waals surface area contributed by atoms with Crippen molar-refractivity contribution < 1.29 is 28.2 Å². The molecule has 0 saturated carbocycles. The summed E-state index contributed by atoms with van der Waals surface area (Å²) in [6.45, 7) is 3.76. The number of carbonyl (C=O) groups excluding carboxylic acids is 2. The lowest BCUT2D eigenvalue weighted by atomic mass is 10.1. The molecule has 7 heteroatoms. The number of anilines is 1. The van der Waals surface area contributed by atoms with E-state index in [0.717, 1.165) is 0 Å². The van der Waals surface area contributed by atoms with Crippen LogP contribution in [0.1, 0.15) is 19.4 Å². The molecule has 0 aliphatic rings. The number of halogens is 1. The minimum atomic E-state index is -1.02. The maximum Gasteiger partial charge on any atom is 0.311 e. The zero-order chi connectivity index (χ0) is 19.8. The third-order valence-electron chi connectivity index (χ3n) is 3.69. The van der Waals surface area contributed by atoms with Gasteiger partial charge in [0.15, 0.2) is 17.7 Å². The van der Waals surface area contributed by atoms with Gasteiger partial charge < -0.3 is 19.5 Å². The Balaban J connectivity index is 1.94. The van der Waals surface area contributed by atoms with E-state index in [1.54, 1.807) is 30.3 Å². The molecule has 2 aromatic carbocycles. The molecule has 0 aromatic heterocycles. The quantitative estimate of drug-likeness (QED) is 0.717. The highest BCUT2D eigenvalue weighted by atomic mass is 19.1. The molecule has 27 heavy (non-hydrogen) atoms. The average molecular weight is 375 g/mol. The van der Waals surface area contributed by atoms with Crippen LogP contribution in [0.15, 0.2) is 42.5 Å². The number of amides is 1. The molecule has 144 valence electrons. The maximum absolute atomic E-state index is 13.7. The van der Waals surface area contributed by atoms with Crippen molar-refractivity contribution >= 4 is 17.6 Å². The number of esters is 1. The van der Waals surface area contributed by atoms with E-state index >= 15 is 0 Å². The number of ether oxygens (including phenoxy) is 3. The van der Waals surface area contributed by atoms with Gasteiger partial charge in [-0.25, -0.2) is 4.39 Å². The van der Waals surface area contributed by atoms with Crippen LogP contribution in [0.25, 0.3) is 0 Å². The Morgan fingerprint density at radius 2 is 1.89 bits per heavy atom. The molecule has 6 nitrogen and oxygen atoms in total. The van der Waals surface area contributed by atoms with E-state index in [2.05, 4.69) is 5.32 Å². The molecule has 2 aromatic rings. The molecule has 0 radical (unpaired) electrons. The number of para-hydroxylation sites is 2. The first kappa shape index (κ1) is 20.2. The predicted octanol–water partition coefficient (Wildman–Crippen LogP) is 3.35. The third-order valence-corrected chi connectivity index (χ3v) is 3.69. The van der Waals surface area contributed by atoms with Crippen LogP contribution in [-0.2, 0) is 20.7 Å². The first-order chi connectivity index (χ1) is 12.9. The van der Waals surface area contributed by atoms with Crippen LogP contribution >= 0.6 is 0 Å². The summed E-state index contributed by atoms with van der Waals surface area (Å²) in [5, 5.41) is 2.67. The van der Waals surface area contributed by atoms with Gasteiger partial charge in [0, 0.05) is 0 Å². The van der Waals surface area contributed by atoms with Crippen LogP contribution in [0.5, 0.6) is 11.5 Å². The third kappa shape index (κ3) is 5.70. The van der Waals surface area contributed by atoms with E-state index in [-0.39, 0.29) is 12.2 Å². The minimum Gasteiger partial charge on any atom is -0.494 e. The Morgan fingerprint density at radius 1 is 1.15 bits per heavy atom. The Morgan fingerprint density at radius 3 is 2.56 bits per heavy atom. The van der Waals surface area contributed by atoms with Crippen molar-refractivity contribution in [1.29, 1.82) is 0 Å². The van der Waals surface area contributed by atoms with Crippen LogP contribution in [-0.4, -0.2) is 31.7 Å².